The Balaban J connectivity index is 1.80. The molecule has 1 aromatic heterocycles. The average molecular weight is 304 g/mol. The van der Waals surface area contributed by atoms with Crippen LogP contribution in [0.5, 0.6) is 5.75 Å². The molecule has 1 aromatic carbocycles. The molecule has 1 heterocycles. The van der Waals surface area contributed by atoms with Crippen molar-refractivity contribution < 1.29 is 4.74 Å². The first-order valence-electron chi connectivity index (χ1n) is 7.59. The number of nitrogens with zero attached hydrogens (tertiary/aromatic N) is 1. The second kappa shape index (κ2) is 8.80. The van der Waals surface area contributed by atoms with Crippen LogP contribution in [0.25, 0.3) is 0 Å². The Hall–Kier alpha value is -1.39. The van der Waals surface area contributed by atoms with Crippen LogP contribution in [0.3, 0.4) is 0 Å². The van der Waals surface area contributed by atoms with Gasteiger partial charge in [-0.1, -0.05) is 19.1 Å². The summed E-state index contributed by atoms with van der Waals surface area (Å²) >= 11 is 1.72. The van der Waals surface area contributed by atoms with E-state index in [1.807, 2.05) is 23.7 Å². The normalized spacial score (nSPS) is 12.3. The number of aromatic nitrogens is 1. The Morgan fingerprint density at radius 1 is 1.38 bits per heavy atom. The van der Waals surface area contributed by atoms with E-state index in [0.29, 0.717) is 6.04 Å². The van der Waals surface area contributed by atoms with E-state index in [0.717, 1.165) is 38.2 Å². The number of aryl methyl sites for hydroxylation is 1. The molecule has 0 saturated heterocycles. The zero-order chi connectivity index (χ0) is 14.9. The van der Waals surface area contributed by atoms with Gasteiger partial charge < -0.3 is 10.1 Å². The fourth-order valence-electron chi connectivity index (χ4n) is 2.21. The Bertz CT molecular complexity index is 513. The van der Waals surface area contributed by atoms with Crippen LogP contribution in [0.15, 0.2) is 35.8 Å². The Morgan fingerprint density at radius 3 is 3.00 bits per heavy atom. The van der Waals surface area contributed by atoms with Crippen molar-refractivity contribution in [3.63, 3.8) is 0 Å². The van der Waals surface area contributed by atoms with Gasteiger partial charge in [0.15, 0.2) is 0 Å². The molecule has 4 heteroatoms. The molecule has 0 fully saturated rings. The number of benzene rings is 1. The zero-order valence-electron chi connectivity index (χ0n) is 12.8. The minimum atomic E-state index is 0.431. The van der Waals surface area contributed by atoms with Gasteiger partial charge in [-0.25, -0.2) is 4.98 Å². The summed E-state index contributed by atoms with van der Waals surface area (Å²) in [7, 11) is 0. The maximum Gasteiger partial charge on any atom is 0.119 e. The van der Waals surface area contributed by atoms with E-state index in [9.17, 15) is 0 Å². The molecule has 0 saturated carbocycles. The zero-order valence-corrected chi connectivity index (χ0v) is 13.7. The van der Waals surface area contributed by atoms with Crippen molar-refractivity contribution in [3.05, 3.63) is 46.4 Å². The quantitative estimate of drug-likeness (QED) is 0.764. The summed E-state index contributed by atoms with van der Waals surface area (Å²) in [5, 5.41) is 6.82. The number of rotatable bonds is 9. The monoisotopic (exact) mass is 304 g/mol. The standard InChI is InChI=1S/C17H24N2OS/c1-3-8-18-15(13-17-19-9-11-21-17)7-10-20-16-6-4-5-14(2)12-16/h4-6,9,11-12,15,18H,3,7-8,10,13H2,1-2H3. The minimum absolute atomic E-state index is 0.431. The number of nitrogens with one attached hydrogen (secondary N) is 1. The molecule has 0 bridgehead atoms. The molecule has 21 heavy (non-hydrogen) atoms. The van der Waals surface area contributed by atoms with Gasteiger partial charge in [-0.15, -0.1) is 11.3 Å². The van der Waals surface area contributed by atoms with Crippen molar-refractivity contribution in [2.45, 2.75) is 39.2 Å². The van der Waals surface area contributed by atoms with E-state index in [1.54, 1.807) is 11.3 Å². The van der Waals surface area contributed by atoms with Crippen LogP contribution in [-0.4, -0.2) is 24.2 Å². The highest BCUT2D eigenvalue weighted by Gasteiger charge is 2.10. The molecule has 2 rings (SSSR count). The summed E-state index contributed by atoms with van der Waals surface area (Å²) in [6.07, 6.45) is 5.00. The molecule has 0 aliphatic heterocycles. The van der Waals surface area contributed by atoms with Gasteiger partial charge in [0.25, 0.3) is 0 Å². The third kappa shape index (κ3) is 5.86. The van der Waals surface area contributed by atoms with Gasteiger partial charge in [-0.2, -0.15) is 0 Å². The lowest BCUT2D eigenvalue weighted by atomic mass is 10.1. The number of thiazole rings is 1. The van der Waals surface area contributed by atoms with Gasteiger partial charge in [0.05, 0.1) is 11.6 Å². The maximum absolute atomic E-state index is 5.86. The fraction of sp³-hybridized carbons (Fsp3) is 0.471. The summed E-state index contributed by atoms with van der Waals surface area (Å²) < 4.78 is 5.86. The van der Waals surface area contributed by atoms with E-state index < -0.39 is 0 Å². The van der Waals surface area contributed by atoms with Gasteiger partial charge in [-0.3, -0.25) is 0 Å². The minimum Gasteiger partial charge on any atom is -0.494 e. The number of ether oxygens (including phenoxy) is 1. The maximum atomic E-state index is 5.86. The molecule has 3 nitrogen and oxygen atoms in total. The lowest BCUT2D eigenvalue weighted by molar-refractivity contribution is 0.284. The highest BCUT2D eigenvalue weighted by molar-refractivity contribution is 7.09. The van der Waals surface area contributed by atoms with Crippen LogP contribution in [0.2, 0.25) is 0 Å². The Labute approximate surface area is 131 Å². The molecular weight excluding hydrogens is 280 g/mol. The molecule has 2 aromatic rings. The number of hydrogen-bond acceptors (Lipinski definition) is 4. The summed E-state index contributed by atoms with van der Waals surface area (Å²) in [6, 6.07) is 8.65. The molecule has 0 amide bonds. The van der Waals surface area contributed by atoms with Gasteiger partial charge in [0.1, 0.15) is 5.75 Å². The molecular formula is C17H24N2OS. The van der Waals surface area contributed by atoms with Crippen molar-refractivity contribution in [1.29, 1.82) is 0 Å². The largest absolute Gasteiger partial charge is 0.494 e. The molecule has 114 valence electrons. The summed E-state index contributed by atoms with van der Waals surface area (Å²) in [5.41, 5.74) is 1.23. The second-order valence-corrected chi connectivity index (χ2v) is 6.21. The molecule has 0 aliphatic carbocycles. The van der Waals surface area contributed by atoms with Crippen molar-refractivity contribution >= 4 is 11.3 Å². The van der Waals surface area contributed by atoms with E-state index in [-0.39, 0.29) is 0 Å². The summed E-state index contributed by atoms with van der Waals surface area (Å²) in [4.78, 5) is 4.38. The topological polar surface area (TPSA) is 34.1 Å². The van der Waals surface area contributed by atoms with E-state index in [1.165, 1.54) is 10.6 Å². The van der Waals surface area contributed by atoms with Crippen LogP contribution in [-0.2, 0) is 6.42 Å². The molecule has 1 unspecified atom stereocenters. The molecule has 1 N–H and O–H groups in total. The first-order chi connectivity index (χ1) is 10.3. The summed E-state index contributed by atoms with van der Waals surface area (Å²) in [5.74, 6) is 0.957. The summed E-state index contributed by atoms with van der Waals surface area (Å²) in [6.45, 7) is 6.05. The SMILES string of the molecule is CCCNC(CCOc1cccc(C)c1)Cc1nccs1. The van der Waals surface area contributed by atoms with Gasteiger partial charge >= 0.3 is 0 Å². The van der Waals surface area contributed by atoms with Crippen molar-refractivity contribution in [2.75, 3.05) is 13.2 Å². The van der Waals surface area contributed by atoms with Gasteiger partial charge in [-0.05, 0) is 44.0 Å². The van der Waals surface area contributed by atoms with Crippen LogP contribution >= 0.6 is 11.3 Å². The molecule has 0 spiro atoms. The lowest BCUT2D eigenvalue weighted by Crippen LogP contribution is -2.33. The Kier molecular flexibility index (Phi) is 6.70. The first kappa shape index (κ1) is 16.0. The second-order valence-electron chi connectivity index (χ2n) is 5.23. The van der Waals surface area contributed by atoms with Crippen molar-refractivity contribution in [2.24, 2.45) is 0 Å². The Morgan fingerprint density at radius 2 is 2.29 bits per heavy atom. The molecule has 0 radical (unpaired) electrons. The average Bonchev–Trinajstić information content (AvgIpc) is 2.97. The predicted molar refractivity (Wildman–Crippen MR) is 89.2 cm³/mol. The fourth-order valence-corrected chi connectivity index (χ4v) is 2.91. The van der Waals surface area contributed by atoms with Crippen LogP contribution in [0, 0.1) is 6.92 Å². The highest BCUT2D eigenvalue weighted by atomic mass is 32.1. The van der Waals surface area contributed by atoms with Crippen molar-refractivity contribution in [3.8, 4) is 5.75 Å². The molecule has 0 aliphatic rings. The third-order valence-electron chi connectivity index (χ3n) is 3.31. The lowest BCUT2D eigenvalue weighted by Gasteiger charge is -2.17. The number of hydrogen-bond donors (Lipinski definition) is 1. The van der Waals surface area contributed by atoms with Crippen LogP contribution in [0.1, 0.15) is 30.3 Å². The van der Waals surface area contributed by atoms with E-state index in [4.69, 9.17) is 4.74 Å². The predicted octanol–water partition coefficient (Wildman–Crippen LogP) is 3.83. The highest BCUT2D eigenvalue weighted by Crippen LogP contribution is 2.14. The van der Waals surface area contributed by atoms with Gasteiger partial charge in [0, 0.05) is 24.0 Å². The smallest absolute Gasteiger partial charge is 0.119 e. The van der Waals surface area contributed by atoms with Crippen LogP contribution < -0.4 is 10.1 Å². The van der Waals surface area contributed by atoms with E-state index >= 15 is 0 Å². The van der Waals surface area contributed by atoms with Crippen molar-refractivity contribution in [1.82, 2.24) is 10.3 Å². The first-order valence-corrected chi connectivity index (χ1v) is 8.47. The molecule has 1 atom stereocenters. The van der Waals surface area contributed by atoms with E-state index in [2.05, 4.69) is 36.3 Å². The third-order valence-corrected chi connectivity index (χ3v) is 4.11. The van der Waals surface area contributed by atoms with Gasteiger partial charge in [0.2, 0.25) is 0 Å². The van der Waals surface area contributed by atoms with Crippen LogP contribution in [0.4, 0.5) is 0 Å².